The lowest BCUT2D eigenvalue weighted by atomic mass is 9.83. The van der Waals surface area contributed by atoms with Crippen LogP contribution < -0.4 is 21.1 Å². The largest absolute Gasteiger partial charge is 0.481 e. The Labute approximate surface area is 170 Å². The van der Waals surface area contributed by atoms with Crippen LogP contribution in [0.25, 0.3) is 0 Å². The zero-order valence-corrected chi connectivity index (χ0v) is 17.0. The minimum atomic E-state index is -0.417. The molecular weight excluding hydrogens is 370 g/mol. The number of nitrogens with two attached hydrogens (primary N) is 2. The van der Waals surface area contributed by atoms with E-state index in [9.17, 15) is 9.59 Å². The Hall–Kier alpha value is -3.16. The van der Waals surface area contributed by atoms with Gasteiger partial charge < -0.3 is 21.1 Å². The van der Waals surface area contributed by atoms with E-state index in [4.69, 9.17) is 16.2 Å². The van der Waals surface area contributed by atoms with Crippen LogP contribution in [-0.4, -0.2) is 34.9 Å². The quantitative estimate of drug-likeness (QED) is 0.818. The van der Waals surface area contributed by atoms with Gasteiger partial charge in [0.1, 0.15) is 0 Å². The Balaban J connectivity index is 0.000000224. The summed E-state index contributed by atoms with van der Waals surface area (Å²) < 4.78 is 4.76. The van der Waals surface area contributed by atoms with Crippen molar-refractivity contribution in [3.8, 4) is 5.88 Å². The van der Waals surface area contributed by atoms with E-state index in [1.807, 2.05) is 17.0 Å². The van der Waals surface area contributed by atoms with Gasteiger partial charge in [-0.3, -0.25) is 9.59 Å². The van der Waals surface area contributed by atoms with E-state index in [1.54, 1.807) is 25.3 Å². The van der Waals surface area contributed by atoms with Gasteiger partial charge in [-0.05, 0) is 54.9 Å². The summed E-state index contributed by atoms with van der Waals surface area (Å²) in [6, 6.07) is 7.37. The van der Waals surface area contributed by atoms with Crippen molar-refractivity contribution in [2.24, 2.45) is 17.6 Å². The van der Waals surface area contributed by atoms with E-state index in [0.29, 0.717) is 29.3 Å². The third-order valence-electron chi connectivity index (χ3n) is 5.35. The number of benzene rings is 1. The number of fused-ring (bicyclic) bond motifs is 1. The molecule has 1 unspecified atom stereocenters. The standard InChI is InChI=1S/C16H20N2O2.C5H7N3O/c1-9-7-13-8-12(16(17)20)5-6-14(13)18(10(2)19)15(9)11-3-4-11;1-9-4-2-3-7-5(6)8-4/h5-6,8-9,11,15H,3-4,7H2,1-2H3,(H2,17,20);2-3H,1H3,(H2,6,7,8)/t9?,15-;/m1./s1. The molecule has 4 N–H and O–H groups in total. The van der Waals surface area contributed by atoms with Crippen LogP contribution in [0.2, 0.25) is 0 Å². The van der Waals surface area contributed by atoms with Crippen molar-refractivity contribution >= 4 is 23.5 Å². The average molecular weight is 397 g/mol. The van der Waals surface area contributed by atoms with Gasteiger partial charge in [0.05, 0.1) is 7.11 Å². The number of rotatable bonds is 3. The maximum absolute atomic E-state index is 12.1. The number of hydrogen-bond acceptors (Lipinski definition) is 6. The van der Waals surface area contributed by atoms with Crippen LogP contribution in [-0.2, 0) is 11.2 Å². The molecule has 2 aromatic rings. The molecule has 1 aliphatic heterocycles. The maximum Gasteiger partial charge on any atom is 0.248 e. The highest BCUT2D eigenvalue weighted by molar-refractivity contribution is 5.97. The molecule has 29 heavy (non-hydrogen) atoms. The lowest BCUT2D eigenvalue weighted by Crippen LogP contribution is -2.48. The number of nitrogen functional groups attached to an aromatic ring is 1. The monoisotopic (exact) mass is 397 g/mol. The smallest absolute Gasteiger partial charge is 0.248 e. The number of methoxy groups -OCH3 is 1. The van der Waals surface area contributed by atoms with Crippen LogP contribution in [0.3, 0.4) is 0 Å². The van der Waals surface area contributed by atoms with E-state index < -0.39 is 5.91 Å². The van der Waals surface area contributed by atoms with Gasteiger partial charge in [0, 0.05) is 36.5 Å². The first-order valence-electron chi connectivity index (χ1n) is 9.66. The summed E-state index contributed by atoms with van der Waals surface area (Å²) in [4.78, 5) is 32.8. The fourth-order valence-electron chi connectivity index (χ4n) is 3.98. The highest BCUT2D eigenvalue weighted by Gasteiger charge is 2.43. The molecule has 1 fully saturated rings. The second kappa shape index (κ2) is 8.46. The molecule has 2 amide bonds. The maximum atomic E-state index is 12.1. The van der Waals surface area contributed by atoms with Gasteiger partial charge in [0.2, 0.25) is 23.6 Å². The summed E-state index contributed by atoms with van der Waals surface area (Å²) >= 11 is 0. The van der Waals surface area contributed by atoms with Crippen LogP contribution in [0.15, 0.2) is 30.5 Å². The third-order valence-corrected chi connectivity index (χ3v) is 5.35. The molecular formula is C21H27N5O3. The van der Waals surface area contributed by atoms with Crippen molar-refractivity contribution in [2.75, 3.05) is 17.7 Å². The van der Waals surface area contributed by atoms with Gasteiger partial charge in [-0.25, -0.2) is 4.98 Å². The van der Waals surface area contributed by atoms with Crippen molar-refractivity contribution in [1.82, 2.24) is 9.97 Å². The van der Waals surface area contributed by atoms with Gasteiger partial charge in [-0.1, -0.05) is 6.92 Å². The molecule has 0 spiro atoms. The number of hydrogen-bond donors (Lipinski definition) is 2. The number of aromatic nitrogens is 2. The molecule has 0 radical (unpaired) electrons. The molecule has 2 heterocycles. The summed E-state index contributed by atoms with van der Waals surface area (Å²) in [5.41, 5.74) is 13.1. The predicted molar refractivity (Wildman–Crippen MR) is 110 cm³/mol. The van der Waals surface area contributed by atoms with E-state index in [-0.39, 0.29) is 11.9 Å². The van der Waals surface area contributed by atoms with E-state index in [2.05, 4.69) is 16.9 Å². The number of amides is 2. The molecule has 8 heteroatoms. The number of nitrogens with zero attached hydrogens (tertiary/aromatic N) is 3. The Morgan fingerprint density at radius 3 is 2.48 bits per heavy atom. The van der Waals surface area contributed by atoms with Crippen LogP contribution >= 0.6 is 0 Å². The second-order valence-corrected chi connectivity index (χ2v) is 7.56. The Morgan fingerprint density at radius 2 is 1.97 bits per heavy atom. The highest BCUT2D eigenvalue weighted by atomic mass is 16.5. The van der Waals surface area contributed by atoms with Crippen LogP contribution in [0.1, 0.15) is 42.6 Å². The Bertz CT molecular complexity index is 913. The predicted octanol–water partition coefficient (Wildman–Crippen LogP) is 2.18. The fraction of sp³-hybridized carbons (Fsp3) is 0.429. The molecule has 0 saturated heterocycles. The van der Waals surface area contributed by atoms with Crippen molar-refractivity contribution in [3.63, 3.8) is 0 Å². The molecule has 4 rings (SSSR count). The summed E-state index contributed by atoms with van der Waals surface area (Å²) in [5.74, 6) is 1.44. The second-order valence-electron chi connectivity index (χ2n) is 7.56. The first-order valence-corrected chi connectivity index (χ1v) is 9.66. The lowest BCUT2D eigenvalue weighted by molar-refractivity contribution is -0.117. The van der Waals surface area contributed by atoms with Crippen LogP contribution in [0, 0.1) is 11.8 Å². The molecule has 2 atom stereocenters. The number of primary amides is 1. The number of carbonyl (C=O) groups excluding carboxylic acids is 2. The van der Waals surface area contributed by atoms with E-state index in [1.165, 1.54) is 20.0 Å². The third kappa shape index (κ3) is 4.64. The number of ether oxygens (including phenoxy) is 1. The van der Waals surface area contributed by atoms with Gasteiger partial charge in [0.25, 0.3) is 0 Å². The summed E-state index contributed by atoms with van der Waals surface area (Å²) in [6.07, 6.45) is 4.88. The molecule has 154 valence electrons. The van der Waals surface area contributed by atoms with Gasteiger partial charge in [-0.15, -0.1) is 0 Å². The van der Waals surface area contributed by atoms with E-state index >= 15 is 0 Å². The van der Waals surface area contributed by atoms with E-state index in [0.717, 1.165) is 17.7 Å². The van der Waals surface area contributed by atoms with Crippen molar-refractivity contribution in [3.05, 3.63) is 41.6 Å². The lowest BCUT2D eigenvalue weighted by Gasteiger charge is -2.41. The normalized spacial score (nSPS) is 20.2. The first kappa shape index (κ1) is 20.6. The zero-order chi connectivity index (χ0) is 21.1. The SMILES string of the molecule is CC(=O)N1c2ccc(C(N)=O)cc2CC(C)[C@@H]1C1CC1.COc1ccnc(N)n1. The molecule has 8 nitrogen and oxygen atoms in total. The van der Waals surface area contributed by atoms with Gasteiger partial charge in [0.15, 0.2) is 0 Å². The molecule has 1 aliphatic carbocycles. The Kier molecular flexibility index (Phi) is 6.00. The minimum absolute atomic E-state index is 0.0847. The molecule has 1 aromatic carbocycles. The first-order chi connectivity index (χ1) is 13.8. The number of carbonyl (C=O) groups is 2. The summed E-state index contributed by atoms with van der Waals surface area (Å²) in [5, 5.41) is 0. The molecule has 0 bridgehead atoms. The zero-order valence-electron chi connectivity index (χ0n) is 17.0. The minimum Gasteiger partial charge on any atom is -0.481 e. The summed E-state index contributed by atoms with van der Waals surface area (Å²) in [7, 11) is 1.53. The van der Waals surface area contributed by atoms with Gasteiger partial charge >= 0.3 is 0 Å². The highest BCUT2D eigenvalue weighted by Crippen LogP contribution is 2.45. The topological polar surface area (TPSA) is 124 Å². The van der Waals surface area contributed by atoms with Gasteiger partial charge in [-0.2, -0.15) is 4.98 Å². The van der Waals surface area contributed by atoms with Crippen molar-refractivity contribution in [1.29, 1.82) is 0 Å². The average Bonchev–Trinajstić information content (AvgIpc) is 3.51. The van der Waals surface area contributed by atoms with Crippen LogP contribution in [0.5, 0.6) is 5.88 Å². The number of anilines is 2. The molecule has 2 aliphatic rings. The van der Waals surface area contributed by atoms with Crippen molar-refractivity contribution < 1.29 is 14.3 Å². The summed E-state index contributed by atoms with van der Waals surface area (Å²) in [6.45, 7) is 3.82. The van der Waals surface area contributed by atoms with Crippen molar-refractivity contribution in [2.45, 2.75) is 39.2 Å². The van der Waals surface area contributed by atoms with Crippen LogP contribution in [0.4, 0.5) is 11.6 Å². The molecule has 1 saturated carbocycles. The molecule has 1 aromatic heterocycles. The fourth-order valence-corrected chi connectivity index (χ4v) is 3.98. The Morgan fingerprint density at radius 1 is 1.24 bits per heavy atom.